The summed E-state index contributed by atoms with van der Waals surface area (Å²) in [5.41, 5.74) is 0.950. The molecule has 1 aromatic carbocycles. The number of hydrogen-bond acceptors (Lipinski definition) is 5. The van der Waals surface area contributed by atoms with Crippen LogP contribution in [0.1, 0.15) is 23.8 Å². The predicted molar refractivity (Wildman–Crippen MR) is 107 cm³/mol. The first-order chi connectivity index (χ1) is 13.6. The summed E-state index contributed by atoms with van der Waals surface area (Å²) in [7, 11) is 0. The number of amides is 2. The van der Waals surface area contributed by atoms with E-state index in [0.717, 1.165) is 10.4 Å². The molecule has 1 fully saturated rings. The molecule has 1 aliphatic rings. The van der Waals surface area contributed by atoms with Crippen LogP contribution in [-0.4, -0.2) is 53.3 Å². The van der Waals surface area contributed by atoms with Crippen molar-refractivity contribution in [2.24, 2.45) is 0 Å². The monoisotopic (exact) mass is 400 g/mol. The van der Waals surface area contributed by atoms with E-state index in [4.69, 9.17) is 4.74 Å². The van der Waals surface area contributed by atoms with Crippen molar-refractivity contribution in [1.82, 2.24) is 9.80 Å². The van der Waals surface area contributed by atoms with Gasteiger partial charge >= 0.3 is 5.97 Å². The fourth-order valence-electron chi connectivity index (χ4n) is 3.33. The third kappa shape index (κ3) is 4.98. The first-order valence-corrected chi connectivity index (χ1v) is 10.3. The second-order valence-electron chi connectivity index (χ2n) is 6.62. The highest BCUT2D eigenvalue weighted by Crippen LogP contribution is 2.20. The van der Waals surface area contributed by atoms with E-state index in [1.807, 2.05) is 47.8 Å². The van der Waals surface area contributed by atoms with E-state index in [0.29, 0.717) is 19.5 Å². The van der Waals surface area contributed by atoms with Gasteiger partial charge in [-0.15, -0.1) is 11.3 Å². The van der Waals surface area contributed by atoms with Gasteiger partial charge in [0.1, 0.15) is 12.6 Å². The number of ether oxygens (including phenoxy) is 1. The van der Waals surface area contributed by atoms with Crippen LogP contribution in [0.3, 0.4) is 0 Å². The summed E-state index contributed by atoms with van der Waals surface area (Å²) in [6, 6.07) is 12.7. The van der Waals surface area contributed by atoms with Crippen LogP contribution in [-0.2, 0) is 32.1 Å². The summed E-state index contributed by atoms with van der Waals surface area (Å²) in [6.07, 6.45) is 0.544. The first kappa shape index (κ1) is 20.1. The quantitative estimate of drug-likeness (QED) is 0.639. The molecule has 28 heavy (non-hydrogen) atoms. The number of benzene rings is 1. The van der Waals surface area contributed by atoms with Crippen LogP contribution in [0.4, 0.5) is 0 Å². The zero-order valence-electron chi connectivity index (χ0n) is 15.9. The Kier molecular flexibility index (Phi) is 6.81. The standard InChI is InChI=1S/C21H24N2O4S/c1-2-27-20(25)13-18-21(26)22(14-16-7-4-3-5-8-16)15-19(24)23(18)11-10-17-9-6-12-28-17/h3-9,12,18H,2,10-11,13-15H2,1H3. The molecule has 7 heteroatoms. The zero-order valence-corrected chi connectivity index (χ0v) is 16.7. The van der Waals surface area contributed by atoms with E-state index in [-0.39, 0.29) is 31.4 Å². The number of hydrogen-bond donors (Lipinski definition) is 0. The molecule has 1 aromatic heterocycles. The molecule has 3 rings (SSSR count). The van der Waals surface area contributed by atoms with Gasteiger partial charge in [-0.25, -0.2) is 0 Å². The SMILES string of the molecule is CCOC(=O)CC1C(=O)N(Cc2ccccc2)CC(=O)N1CCc1cccs1. The summed E-state index contributed by atoms with van der Waals surface area (Å²) in [6.45, 7) is 2.76. The van der Waals surface area contributed by atoms with Crippen molar-refractivity contribution in [3.8, 4) is 0 Å². The van der Waals surface area contributed by atoms with Crippen molar-refractivity contribution in [2.75, 3.05) is 19.7 Å². The van der Waals surface area contributed by atoms with Gasteiger partial charge in [-0.05, 0) is 30.4 Å². The molecule has 2 heterocycles. The molecule has 1 unspecified atom stereocenters. The highest BCUT2D eigenvalue weighted by atomic mass is 32.1. The van der Waals surface area contributed by atoms with E-state index in [1.54, 1.807) is 23.2 Å². The minimum absolute atomic E-state index is 0.0253. The van der Waals surface area contributed by atoms with Gasteiger partial charge in [0.2, 0.25) is 11.8 Å². The Morgan fingerprint density at radius 3 is 2.64 bits per heavy atom. The van der Waals surface area contributed by atoms with Crippen molar-refractivity contribution in [3.05, 3.63) is 58.3 Å². The van der Waals surface area contributed by atoms with Crippen LogP contribution in [0.15, 0.2) is 47.8 Å². The van der Waals surface area contributed by atoms with Gasteiger partial charge in [-0.2, -0.15) is 0 Å². The Balaban J connectivity index is 1.75. The van der Waals surface area contributed by atoms with Gasteiger partial charge in [-0.3, -0.25) is 14.4 Å². The number of carbonyl (C=O) groups is 3. The van der Waals surface area contributed by atoms with Crippen molar-refractivity contribution >= 4 is 29.1 Å². The molecule has 0 N–H and O–H groups in total. The molecule has 0 aliphatic carbocycles. The Morgan fingerprint density at radius 1 is 1.18 bits per heavy atom. The lowest BCUT2D eigenvalue weighted by molar-refractivity contribution is -0.160. The van der Waals surface area contributed by atoms with Crippen LogP contribution >= 0.6 is 11.3 Å². The third-order valence-corrected chi connectivity index (χ3v) is 5.62. The number of thiophene rings is 1. The van der Waals surface area contributed by atoms with Gasteiger partial charge in [-0.1, -0.05) is 36.4 Å². The Bertz CT molecular complexity index is 807. The summed E-state index contributed by atoms with van der Waals surface area (Å²) >= 11 is 1.61. The average molecular weight is 401 g/mol. The minimum atomic E-state index is -0.816. The Morgan fingerprint density at radius 2 is 1.96 bits per heavy atom. The van der Waals surface area contributed by atoms with E-state index in [9.17, 15) is 14.4 Å². The van der Waals surface area contributed by atoms with E-state index in [1.165, 1.54) is 4.90 Å². The van der Waals surface area contributed by atoms with Gasteiger partial charge in [0, 0.05) is 18.0 Å². The Labute approximate surface area is 168 Å². The molecule has 2 amide bonds. The highest BCUT2D eigenvalue weighted by Gasteiger charge is 2.40. The van der Waals surface area contributed by atoms with E-state index < -0.39 is 12.0 Å². The number of carbonyl (C=O) groups excluding carboxylic acids is 3. The fraction of sp³-hybridized carbons (Fsp3) is 0.381. The maximum absolute atomic E-state index is 13.1. The second-order valence-corrected chi connectivity index (χ2v) is 7.65. The van der Waals surface area contributed by atoms with Crippen LogP contribution < -0.4 is 0 Å². The molecule has 1 atom stereocenters. The molecule has 0 spiro atoms. The third-order valence-electron chi connectivity index (χ3n) is 4.68. The van der Waals surface area contributed by atoms with Crippen LogP contribution in [0.2, 0.25) is 0 Å². The second kappa shape index (κ2) is 9.50. The molecular formula is C21H24N2O4S. The molecular weight excluding hydrogens is 376 g/mol. The van der Waals surface area contributed by atoms with Crippen molar-refractivity contribution in [2.45, 2.75) is 32.4 Å². The zero-order chi connectivity index (χ0) is 19.9. The van der Waals surface area contributed by atoms with Crippen molar-refractivity contribution in [1.29, 1.82) is 0 Å². The largest absolute Gasteiger partial charge is 0.466 e. The molecule has 6 nitrogen and oxygen atoms in total. The molecule has 148 valence electrons. The van der Waals surface area contributed by atoms with Crippen molar-refractivity contribution < 1.29 is 19.1 Å². The van der Waals surface area contributed by atoms with Crippen molar-refractivity contribution in [3.63, 3.8) is 0 Å². The summed E-state index contributed by atoms with van der Waals surface area (Å²) < 4.78 is 5.03. The van der Waals surface area contributed by atoms with Crippen LogP contribution in [0, 0.1) is 0 Å². The van der Waals surface area contributed by atoms with Crippen LogP contribution in [0.5, 0.6) is 0 Å². The average Bonchev–Trinajstić information content (AvgIpc) is 3.20. The molecule has 1 aliphatic heterocycles. The number of nitrogens with zero attached hydrogens (tertiary/aromatic N) is 2. The lowest BCUT2D eigenvalue weighted by Gasteiger charge is -2.40. The van der Waals surface area contributed by atoms with Gasteiger partial charge in [0.05, 0.1) is 13.0 Å². The molecule has 0 saturated carbocycles. The van der Waals surface area contributed by atoms with Gasteiger partial charge in [0.15, 0.2) is 0 Å². The molecule has 2 aromatic rings. The predicted octanol–water partition coefficient (Wildman–Crippen LogP) is 2.48. The maximum Gasteiger partial charge on any atom is 0.308 e. The summed E-state index contributed by atoms with van der Waals surface area (Å²) in [5.74, 6) is -0.805. The highest BCUT2D eigenvalue weighted by molar-refractivity contribution is 7.09. The fourth-order valence-corrected chi connectivity index (χ4v) is 4.03. The van der Waals surface area contributed by atoms with Gasteiger partial charge in [0.25, 0.3) is 0 Å². The lowest BCUT2D eigenvalue weighted by atomic mass is 10.0. The Hall–Kier alpha value is -2.67. The van der Waals surface area contributed by atoms with E-state index in [2.05, 4.69) is 0 Å². The summed E-state index contributed by atoms with van der Waals surface area (Å²) in [4.78, 5) is 42.2. The lowest BCUT2D eigenvalue weighted by Crippen LogP contribution is -2.60. The minimum Gasteiger partial charge on any atom is -0.466 e. The molecule has 1 saturated heterocycles. The number of esters is 1. The van der Waals surface area contributed by atoms with Gasteiger partial charge < -0.3 is 14.5 Å². The smallest absolute Gasteiger partial charge is 0.308 e. The number of piperazine rings is 1. The summed E-state index contributed by atoms with van der Waals surface area (Å²) in [5, 5.41) is 1.98. The topological polar surface area (TPSA) is 66.9 Å². The molecule has 0 bridgehead atoms. The van der Waals surface area contributed by atoms with E-state index >= 15 is 0 Å². The normalized spacial score (nSPS) is 17.1. The number of rotatable bonds is 8. The first-order valence-electron chi connectivity index (χ1n) is 9.38. The molecule has 0 radical (unpaired) electrons. The maximum atomic E-state index is 13.1. The van der Waals surface area contributed by atoms with Crippen LogP contribution in [0.25, 0.3) is 0 Å².